The van der Waals surface area contributed by atoms with Gasteiger partial charge in [0.1, 0.15) is 5.82 Å². The predicted molar refractivity (Wildman–Crippen MR) is 138 cm³/mol. The molecule has 0 saturated heterocycles. The molecule has 0 atom stereocenters. The Kier molecular flexibility index (Phi) is 7.17. The normalized spacial score (nSPS) is 19.6. The zero-order valence-corrected chi connectivity index (χ0v) is 21.0. The van der Waals surface area contributed by atoms with Crippen molar-refractivity contribution in [3.8, 4) is 0 Å². The predicted octanol–water partition coefficient (Wildman–Crippen LogP) is 2.49. The lowest BCUT2D eigenvalue weighted by Gasteiger charge is -2.30. The summed E-state index contributed by atoms with van der Waals surface area (Å²) in [5.41, 5.74) is 1.56. The summed E-state index contributed by atoms with van der Waals surface area (Å²) in [6, 6.07) is 4.06. The van der Waals surface area contributed by atoms with Gasteiger partial charge in [0, 0.05) is 30.4 Å². The number of imidazole rings is 1. The van der Waals surface area contributed by atoms with Crippen LogP contribution >= 0.6 is 0 Å². The Hall–Kier alpha value is -3.80. The number of nitrogens with zero attached hydrogens (tertiary/aromatic N) is 5. The fourth-order valence-electron chi connectivity index (χ4n) is 4.56. The van der Waals surface area contributed by atoms with Crippen molar-refractivity contribution >= 4 is 34.7 Å². The van der Waals surface area contributed by atoms with E-state index in [1.54, 1.807) is 0 Å². The molecule has 2 aliphatic rings. The number of rotatable bonds is 9. The van der Waals surface area contributed by atoms with Crippen LogP contribution in [0.4, 0.5) is 21.6 Å². The van der Waals surface area contributed by atoms with Gasteiger partial charge < -0.3 is 26.2 Å². The second-order valence-electron chi connectivity index (χ2n) is 10.0. The van der Waals surface area contributed by atoms with Crippen molar-refractivity contribution in [2.45, 2.75) is 56.7 Å². The fourth-order valence-corrected chi connectivity index (χ4v) is 4.56. The lowest BCUT2D eigenvalue weighted by Crippen LogP contribution is -2.43. The van der Waals surface area contributed by atoms with Crippen LogP contribution in [0.3, 0.4) is 0 Å². The molecule has 0 bridgehead atoms. The van der Waals surface area contributed by atoms with Crippen molar-refractivity contribution in [2.75, 3.05) is 36.6 Å². The smallest absolute Gasteiger partial charge is 0.276 e. The lowest BCUT2D eigenvalue weighted by atomic mass is 9.91. The summed E-state index contributed by atoms with van der Waals surface area (Å²) in [5, 5.41) is 17.3. The first kappa shape index (κ1) is 24.9. The Labute approximate surface area is 214 Å². The van der Waals surface area contributed by atoms with Crippen molar-refractivity contribution in [1.29, 1.82) is 0 Å². The number of amides is 2. The quantitative estimate of drug-likeness (QED) is 0.346. The minimum atomic E-state index is -0.621. The zero-order valence-electron chi connectivity index (χ0n) is 21.0. The average Bonchev–Trinajstić information content (AvgIpc) is 3.56. The number of fused-ring (bicyclic) bond motifs is 1. The van der Waals surface area contributed by atoms with Gasteiger partial charge in [-0.1, -0.05) is 0 Å². The van der Waals surface area contributed by atoms with Crippen LogP contribution < -0.4 is 21.3 Å². The Bertz CT molecular complexity index is 1280. The van der Waals surface area contributed by atoms with Crippen molar-refractivity contribution < 1.29 is 14.0 Å². The van der Waals surface area contributed by atoms with Gasteiger partial charge in [-0.05, 0) is 58.7 Å². The monoisotopic (exact) mass is 509 g/mol. The molecular formula is C25H32FN9O2. The number of carbonyl (C=O) groups is 2. The van der Waals surface area contributed by atoms with E-state index in [0.717, 1.165) is 50.4 Å². The van der Waals surface area contributed by atoms with Gasteiger partial charge in [-0.15, -0.1) is 5.10 Å². The van der Waals surface area contributed by atoms with Crippen molar-refractivity contribution in [3.63, 3.8) is 0 Å². The molecule has 37 heavy (non-hydrogen) atoms. The van der Waals surface area contributed by atoms with Crippen molar-refractivity contribution in [2.24, 2.45) is 0 Å². The molecule has 2 saturated carbocycles. The second-order valence-corrected chi connectivity index (χ2v) is 10.0. The maximum atomic E-state index is 14.0. The minimum absolute atomic E-state index is 0.0370. The SMILES string of the molecule is CN(C)CC(=O)N[C@H]1CC[C@H](Nc2cc(NC3CC3)c3ncc(C(=O)Nc4ccncc4F)n3n2)CC1. The second kappa shape index (κ2) is 10.7. The van der Waals surface area contributed by atoms with E-state index in [4.69, 9.17) is 0 Å². The van der Waals surface area contributed by atoms with Gasteiger partial charge in [-0.25, -0.2) is 13.9 Å². The number of anilines is 3. The van der Waals surface area contributed by atoms with E-state index in [9.17, 15) is 14.0 Å². The topological polar surface area (TPSA) is 129 Å². The molecule has 0 aliphatic heterocycles. The number of hydrogen-bond donors (Lipinski definition) is 4. The van der Waals surface area contributed by atoms with Crippen molar-refractivity contribution in [1.82, 2.24) is 29.8 Å². The first-order valence-corrected chi connectivity index (χ1v) is 12.6. The third kappa shape index (κ3) is 6.13. The summed E-state index contributed by atoms with van der Waals surface area (Å²) in [6.07, 6.45) is 9.59. The van der Waals surface area contributed by atoms with Crippen LogP contribution in [-0.4, -0.2) is 75.1 Å². The van der Waals surface area contributed by atoms with E-state index in [-0.39, 0.29) is 29.4 Å². The van der Waals surface area contributed by atoms with E-state index < -0.39 is 11.7 Å². The molecule has 2 aliphatic carbocycles. The summed E-state index contributed by atoms with van der Waals surface area (Å²) >= 11 is 0. The Morgan fingerprint density at radius 2 is 1.73 bits per heavy atom. The Morgan fingerprint density at radius 3 is 2.43 bits per heavy atom. The molecule has 3 aromatic rings. The molecule has 0 radical (unpaired) electrons. The molecule has 3 heterocycles. The number of nitrogens with one attached hydrogen (secondary N) is 4. The maximum absolute atomic E-state index is 14.0. The van der Waals surface area contributed by atoms with Gasteiger partial charge in [-0.3, -0.25) is 14.6 Å². The van der Waals surface area contributed by atoms with E-state index in [1.165, 1.54) is 23.0 Å². The summed E-state index contributed by atoms with van der Waals surface area (Å²) in [5.74, 6) is -0.474. The molecular weight excluding hydrogens is 477 g/mol. The molecule has 0 spiro atoms. The fraction of sp³-hybridized carbons (Fsp3) is 0.480. The van der Waals surface area contributed by atoms with Gasteiger partial charge in [0.25, 0.3) is 5.91 Å². The number of halogens is 1. The highest BCUT2D eigenvalue weighted by atomic mass is 19.1. The molecule has 196 valence electrons. The van der Waals surface area contributed by atoms with Gasteiger partial charge >= 0.3 is 0 Å². The van der Waals surface area contributed by atoms with Crippen LogP contribution in [0.2, 0.25) is 0 Å². The average molecular weight is 510 g/mol. The summed E-state index contributed by atoms with van der Waals surface area (Å²) < 4.78 is 15.5. The van der Waals surface area contributed by atoms with Crippen LogP contribution in [0.5, 0.6) is 0 Å². The molecule has 0 aromatic carbocycles. The highest BCUT2D eigenvalue weighted by Gasteiger charge is 2.26. The van der Waals surface area contributed by atoms with E-state index in [2.05, 4.69) is 36.3 Å². The minimum Gasteiger partial charge on any atom is -0.379 e. The van der Waals surface area contributed by atoms with Crippen LogP contribution in [-0.2, 0) is 4.79 Å². The number of carbonyl (C=O) groups excluding carboxylic acids is 2. The first-order chi connectivity index (χ1) is 17.9. The molecule has 4 N–H and O–H groups in total. The van der Waals surface area contributed by atoms with Gasteiger partial charge in [0.15, 0.2) is 17.2 Å². The number of pyridine rings is 1. The van der Waals surface area contributed by atoms with Gasteiger partial charge in [-0.2, -0.15) is 0 Å². The molecule has 3 aromatic heterocycles. The van der Waals surface area contributed by atoms with E-state index >= 15 is 0 Å². The van der Waals surface area contributed by atoms with Crippen LogP contribution in [0.25, 0.3) is 5.65 Å². The lowest BCUT2D eigenvalue weighted by molar-refractivity contribution is -0.122. The third-order valence-corrected chi connectivity index (χ3v) is 6.56. The first-order valence-electron chi connectivity index (χ1n) is 12.6. The Morgan fingerprint density at radius 1 is 1.03 bits per heavy atom. The molecule has 12 heteroatoms. The molecule has 5 rings (SSSR count). The molecule has 2 fully saturated rings. The van der Waals surface area contributed by atoms with E-state index in [0.29, 0.717) is 24.1 Å². The summed E-state index contributed by atoms with van der Waals surface area (Å²) in [4.78, 5) is 35.1. The number of aromatic nitrogens is 4. The molecule has 0 unspecified atom stereocenters. The summed E-state index contributed by atoms with van der Waals surface area (Å²) in [7, 11) is 3.76. The molecule has 11 nitrogen and oxygen atoms in total. The van der Waals surface area contributed by atoms with Gasteiger partial charge in [0.2, 0.25) is 5.91 Å². The van der Waals surface area contributed by atoms with Crippen LogP contribution in [0.1, 0.15) is 49.0 Å². The standard InChI is InChI=1S/C25H32FN9O2/c1-34(2)14-23(36)31-17-7-5-16(6-8-17)30-22-11-20(29-15-3-4-15)24-28-13-21(35(24)33-22)25(37)32-19-9-10-27-12-18(19)26/h9-13,15-17,29H,3-8,14H2,1-2H3,(H,30,33)(H,31,36)(H,27,32,37)/t16-,17-. The Balaban J connectivity index is 1.31. The third-order valence-electron chi connectivity index (χ3n) is 6.56. The highest BCUT2D eigenvalue weighted by Crippen LogP contribution is 2.30. The molecule has 2 amide bonds. The van der Waals surface area contributed by atoms with Crippen molar-refractivity contribution in [3.05, 3.63) is 42.2 Å². The highest BCUT2D eigenvalue weighted by molar-refractivity contribution is 6.03. The van der Waals surface area contributed by atoms with Crippen LogP contribution in [0.15, 0.2) is 30.7 Å². The van der Waals surface area contributed by atoms with E-state index in [1.807, 2.05) is 25.1 Å². The largest absolute Gasteiger partial charge is 0.379 e. The van der Waals surface area contributed by atoms with Crippen LogP contribution in [0, 0.1) is 5.82 Å². The van der Waals surface area contributed by atoms with Gasteiger partial charge in [0.05, 0.1) is 30.3 Å². The zero-order chi connectivity index (χ0) is 25.9. The number of likely N-dealkylation sites (N-methyl/N-ethyl adjacent to an activating group) is 1. The number of hydrogen-bond acceptors (Lipinski definition) is 8. The maximum Gasteiger partial charge on any atom is 0.276 e. The summed E-state index contributed by atoms with van der Waals surface area (Å²) in [6.45, 7) is 0.382.